The first kappa shape index (κ1) is 16.7. The molecule has 0 aliphatic heterocycles. The van der Waals surface area contributed by atoms with Gasteiger partial charge in [0.2, 0.25) is 0 Å². The van der Waals surface area contributed by atoms with Gasteiger partial charge in [-0.15, -0.1) is 0 Å². The second-order valence-corrected chi connectivity index (χ2v) is 4.59. The van der Waals surface area contributed by atoms with Crippen molar-refractivity contribution in [2.45, 2.75) is 38.6 Å². The van der Waals surface area contributed by atoms with Crippen molar-refractivity contribution in [1.82, 2.24) is 15.5 Å². The molecule has 0 unspecified atom stereocenters. The number of carboxylic acids is 1. The molecule has 0 radical (unpaired) electrons. The molecule has 0 aromatic carbocycles. The first-order chi connectivity index (χ1) is 8.47. The highest BCUT2D eigenvalue weighted by Crippen LogP contribution is 1.96. The maximum absolute atomic E-state index is 11.4. The number of hydrogen-bond donors (Lipinski definition) is 3. The standard InChI is InChI=1S/C12H25N3O3/c1-4-7-10(11(16)17)14-12(18)13-8-5-6-9-15(2)3/h10H,4-9H2,1-3H3,(H,16,17)(H2,13,14,18)/t10-/m1/s1. The summed E-state index contributed by atoms with van der Waals surface area (Å²) in [7, 11) is 4.00. The highest BCUT2D eigenvalue weighted by Gasteiger charge is 2.18. The van der Waals surface area contributed by atoms with E-state index in [-0.39, 0.29) is 0 Å². The quantitative estimate of drug-likeness (QED) is 0.537. The Hall–Kier alpha value is -1.30. The van der Waals surface area contributed by atoms with E-state index < -0.39 is 18.0 Å². The number of carbonyl (C=O) groups excluding carboxylic acids is 1. The molecule has 0 aromatic rings. The number of nitrogens with one attached hydrogen (secondary N) is 2. The monoisotopic (exact) mass is 259 g/mol. The number of rotatable bonds is 9. The largest absolute Gasteiger partial charge is 0.480 e. The SMILES string of the molecule is CCC[C@@H](NC(=O)NCCCCN(C)C)C(=O)O. The summed E-state index contributed by atoms with van der Waals surface area (Å²) in [6.45, 7) is 3.44. The average Bonchev–Trinajstić information content (AvgIpc) is 2.27. The number of nitrogens with zero attached hydrogens (tertiary/aromatic N) is 1. The van der Waals surface area contributed by atoms with Gasteiger partial charge in [0, 0.05) is 6.54 Å². The first-order valence-corrected chi connectivity index (χ1v) is 6.39. The van der Waals surface area contributed by atoms with E-state index in [0.717, 1.165) is 25.8 Å². The summed E-state index contributed by atoms with van der Waals surface area (Å²) in [6, 6.07) is -1.20. The lowest BCUT2D eigenvalue weighted by molar-refractivity contribution is -0.139. The summed E-state index contributed by atoms with van der Waals surface area (Å²) in [5.74, 6) is -0.986. The molecule has 0 saturated heterocycles. The van der Waals surface area contributed by atoms with E-state index in [4.69, 9.17) is 5.11 Å². The van der Waals surface area contributed by atoms with Gasteiger partial charge in [0.15, 0.2) is 0 Å². The molecule has 0 heterocycles. The number of urea groups is 1. The van der Waals surface area contributed by atoms with Crippen molar-refractivity contribution in [3.05, 3.63) is 0 Å². The van der Waals surface area contributed by atoms with Gasteiger partial charge in [-0.3, -0.25) is 0 Å². The zero-order valence-electron chi connectivity index (χ0n) is 11.5. The minimum Gasteiger partial charge on any atom is -0.480 e. The van der Waals surface area contributed by atoms with Gasteiger partial charge in [0.25, 0.3) is 0 Å². The number of hydrogen-bond acceptors (Lipinski definition) is 3. The van der Waals surface area contributed by atoms with Gasteiger partial charge in [-0.2, -0.15) is 0 Å². The van der Waals surface area contributed by atoms with Gasteiger partial charge >= 0.3 is 12.0 Å². The molecule has 0 spiro atoms. The van der Waals surface area contributed by atoms with Crippen molar-refractivity contribution in [2.75, 3.05) is 27.2 Å². The summed E-state index contributed by atoms with van der Waals surface area (Å²) < 4.78 is 0. The first-order valence-electron chi connectivity index (χ1n) is 6.39. The van der Waals surface area contributed by atoms with Crippen LogP contribution < -0.4 is 10.6 Å². The second-order valence-electron chi connectivity index (χ2n) is 4.59. The van der Waals surface area contributed by atoms with Crippen molar-refractivity contribution < 1.29 is 14.7 Å². The van der Waals surface area contributed by atoms with Crippen LogP contribution in [0.3, 0.4) is 0 Å². The molecule has 3 N–H and O–H groups in total. The molecule has 2 amide bonds. The predicted molar refractivity (Wildman–Crippen MR) is 70.7 cm³/mol. The van der Waals surface area contributed by atoms with Crippen LogP contribution in [0.15, 0.2) is 0 Å². The van der Waals surface area contributed by atoms with Crippen molar-refractivity contribution in [1.29, 1.82) is 0 Å². The van der Waals surface area contributed by atoms with Crippen LogP contribution in [0, 0.1) is 0 Å². The number of carbonyl (C=O) groups is 2. The Balaban J connectivity index is 3.71. The Bertz CT molecular complexity index is 257. The van der Waals surface area contributed by atoms with Gasteiger partial charge in [-0.25, -0.2) is 9.59 Å². The molecule has 0 aromatic heterocycles. The Morgan fingerprint density at radius 3 is 2.44 bits per heavy atom. The normalized spacial score (nSPS) is 12.2. The summed E-state index contributed by atoms with van der Waals surface area (Å²) in [6.07, 6.45) is 3.06. The number of unbranched alkanes of at least 4 members (excludes halogenated alkanes) is 1. The van der Waals surface area contributed by atoms with Crippen LogP contribution in [-0.2, 0) is 4.79 Å². The van der Waals surface area contributed by atoms with Gasteiger partial charge < -0.3 is 20.6 Å². The number of aliphatic carboxylic acids is 1. The second kappa shape index (κ2) is 9.70. The Morgan fingerprint density at radius 2 is 1.94 bits per heavy atom. The third-order valence-corrected chi connectivity index (χ3v) is 2.50. The molecule has 0 aliphatic rings. The fraction of sp³-hybridized carbons (Fsp3) is 0.833. The maximum atomic E-state index is 11.4. The summed E-state index contributed by atoms with van der Waals surface area (Å²) >= 11 is 0. The lowest BCUT2D eigenvalue weighted by Gasteiger charge is -2.14. The smallest absolute Gasteiger partial charge is 0.326 e. The Labute approximate surface area is 109 Å². The lowest BCUT2D eigenvalue weighted by atomic mass is 10.2. The van der Waals surface area contributed by atoms with Crippen LogP contribution in [0.2, 0.25) is 0 Å². The van der Waals surface area contributed by atoms with E-state index in [2.05, 4.69) is 15.5 Å². The molecular weight excluding hydrogens is 234 g/mol. The molecule has 6 heteroatoms. The molecule has 1 atom stereocenters. The van der Waals surface area contributed by atoms with E-state index in [1.165, 1.54) is 0 Å². The van der Waals surface area contributed by atoms with Crippen LogP contribution in [0.4, 0.5) is 4.79 Å². The van der Waals surface area contributed by atoms with Crippen LogP contribution in [0.25, 0.3) is 0 Å². The third-order valence-electron chi connectivity index (χ3n) is 2.50. The van der Waals surface area contributed by atoms with Gasteiger partial charge in [0.05, 0.1) is 0 Å². The van der Waals surface area contributed by atoms with Crippen LogP contribution in [0.1, 0.15) is 32.6 Å². The van der Waals surface area contributed by atoms with E-state index in [9.17, 15) is 9.59 Å². The Morgan fingerprint density at radius 1 is 1.28 bits per heavy atom. The molecule has 0 bridgehead atoms. The molecule has 0 aliphatic carbocycles. The molecular formula is C12H25N3O3. The third kappa shape index (κ3) is 8.81. The zero-order chi connectivity index (χ0) is 14.0. The number of carboxylic acid groups (broad SMARTS) is 1. The average molecular weight is 259 g/mol. The Kier molecular flexibility index (Phi) is 9.00. The van der Waals surface area contributed by atoms with Crippen LogP contribution >= 0.6 is 0 Å². The summed E-state index contributed by atoms with van der Waals surface area (Å²) in [4.78, 5) is 24.3. The molecule has 6 nitrogen and oxygen atoms in total. The van der Waals surface area contributed by atoms with Crippen LogP contribution in [-0.4, -0.2) is 55.2 Å². The summed E-state index contributed by atoms with van der Waals surface area (Å²) in [5, 5.41) is 14.0. The van der Waals surface area contributed by atoms with Crippen LogP contribution in [0.5, 0.6) is 0 Å². The molecule has 0 saturated carbocycles. The van der Waals surface area contributed by atoms with Crippen molar-refractivity contribution in [3.63, 3.8) is 0 Å². The molecule has 106 valence electrons. The topological polar surface area (TPSA) is 81.7 Å². The number of amides is 2. The van der Waals surface area contributed by atoms with Crippen molar-refractivity contribution in [3.8, 4) is 0 Å². The fourth-order valence-electron chi connectivity index (χ4n) is 1.51. The van der Waals surface area contributed by atoms with Crippen molar-refractivity contribution >= 4 is 12.0 Å². The predicted octanol–water partition coefficient (Wildman–Crippen LogP) is 0.881. The lowest BCUT2D eigenvalue weighted by Crippen LogP contribution is -2.46. The van der Waals surface area contributed by atoms with Crippen molar-refractivity contribution in [2.24, 2.45) is 0 Å². The van der Waals surface area contributed by atoms with E-state index in [0.29, 0.717) is 13.0 Å². The minimum absolute atomic E-state index is 0.402. The van der Waals surface area contributed by atoms with E-state index >= 15 is 0 Å². The zero-order valence-corrected chi connectivity index (χ0v) is 11.5. The van der Waals surface area contributed by atoms with Gasteiger partial charge in [-0.05, 0) is 39.9 Å². The molecule has 0 fully saturated rings. The highest BCUT2D eigenvalue weighted by atomic mass is 16.4. The highest BCUT2D eigenvalue weighted by molar-refractivity contribution is 5.82. The maximum Gasteiger partial charge on any atom is 0.326 e. The van der Waals surface area contributed by atoms with Gasteiger partial charge in [0.1, 0.15) is 6.04 Å². The minimum atomic E-state index is -0.986. The fourth-order valence-corrected chi connectivity index (χ4v) is 1.51. The van der Waals surface area contributed by atoms with Gasteiger partial charge in [-0.1, -0.05) is 13.3 Å². The summed E-state index contributed by atoms with van der Waals surface area (Å²) in [5.41, 5.74) is 0. The molecule has 0 rings (SSSR count). The van der Waals surface area contributed by atoms with E-state index in [1.807, 2.05) is 21.0 Å². The molecule has 18 heavy (non-hydrogen) atoms. The van der Waals surface area contributed by atoms with E-state index in [1.54, 1.807) is 0 Å².